The van der Waals surface area contributed by atoms with Crippen LogP contribution in [-0.4, -0.2) is 18.5 Å². The van der Waals surface area contributed by atoms with Crippen LogP contribution in [0, 0.1) is 64.6 Å². The van der Waals surface area contributed by atoms with Crippen LogP contribution in [-0.2, 0) is 10.2 Å². The summed E-state index contributed by atoms with van der Waals surface area (Å²) < 4.78 is 5.54. The van der Waals surface area contributed by atoms with Crippen LogP contribution in [0.3, 0.4) is 0 Å². The molecule has 0 heterocycles. The van der Waals surface area contributed by atoms with E-state index >= 15 is 0 Å². The van der Waals surface area contributed by atoms with Gasteiger partial charge in [-0.2, -0.15) is 0 Å². The van der Waals surface area contributed by atoms with Gasteiger partial charge in [-0.25, -0.2) is 0 Å². The molecule has 5 saturated carbocycles. The van der Waals surface area contributed by atoms with Gasteiger partial charge in [0.2, 0.25) is 0 Å². The van der Waals surface area contributed by atoms with E-state index in [1.54, 1.807) is 18.2 Å². The molecule has 5 fully saturated rings. The zero-order chi connectivity index (χ0) is 28.8. The van der Waals surface area contributed by atoms with E-state index in [9.17, 15) is 5.11 Å². The van der Waals surface area contributed by atoms with E-state index in [-0.39, 0.29) is 10.8 Å². The van der Waals surface area contributed by atoms with Crippen molar-refractivity contribution in [3.8, 4) is 11.1 Å². The Bertz CT molecular complexity index is 1270. The van der Waals surface area contributed by atoms with E-state index < -0.39 is 6.29 Å². The second-order valence-corrected chi connectivity index (χ2v) is 16.2. The number of methoxy groups -OCH3 is 1. The van der Waals surface area contributed by atoms with Gasteiger partial charge in [-0.15, -0.1) is 0 Å². The Labute approximate surface area is 255 Å². The number of ether oxygens (including phenoxy) is 1. The van der Waals surface area contributed by atoms with Crippen molar-refractivity contribution in [3.05, 3.63) is 59.7 Å². The van der Waals surface area contributed by atoms with Gasteiger partial charge in [-0.3, -0.25) is 0 Å². The van der Waals surface area contributed by atoms with Crippen molar-refractivity contribution in [2.75, 3.05) is 7.11 Å². The maximum atomic E-state index is 10.8. The minimum absolute atomic E-state index is 0.0349. The summed E-state index contributed by atoms with van der Waals surface area (Å²) in [7, 11) is 1.70. The summed E-state index contributed by atoms with van der Waals surface area (Å²) in [4.78, 5) is 0. The van der Waals surface area contributed by atoms with E-state index in [1.165, 1.54) is 81.8 Å². The molecule has 8 rings (SSSR count). The summed E-state index contributed by atoms with van der Waals surface area (Å²) in [6.45, 7) is 7.23. The highest BCUT2D eigenvalue weighted by atomic mass is 16.6. The van der Waals surface area contributed by atoms with Crippen molar-refractivity contribution in [1.82, 2.24) is 0 Å². The van der Waals surface area contributed by atoms with Gasteiger partial charge in [-0.05, 0) is 120 Å². The van der Waals surface area contributed by atoms with Crippen molar-refractivity contribution < 1.29 is 9.84 Å². The molecule has 0 radical (unpaired) electrons. The van der Waals surface area contributed by atoms with Crippen LogP contribution >= 0.6 is 0 Å². The molecular formula is C40H54O2. The predicted octanol–water partition coefficient (Wildman–Crippen LogP) is 9.49. The van der Waals surface area contributed by atoms with Crippen LogP contribution < -0.4 is 0 Å². The molecule has 42 heavy (non-hydrogen) atoms. The highest BCUT2D eigenvalue weighted by molar-refractivity contribution is 5.81. The summed E-state index contributed by atoms with van der Waals surface area (Å²) >= 11 is 0. The van der Waals surface area contributed by atoms with Crippen molar-refractivity contribution in [2.45, 2.75) is 103 Å². The fourth-order valence-electron chi connectivity index (χ4n) is 13.5. The second kappa shape index (κ2) is 10.2. The number of hydrogen-bond donors (Lipinski definition) is 1. The Hall–Kier alpha value is -1.64. The van der Waals surface area contributed by atoms with E-state index in [2.05, 4.69) is 69.3 Å². The smallest absolute Gasteiger partial charge is 0.159 e. The first-order valence-corrected chi connectivity index (χ1v) is 17.8. The van der Waals surface area contributed by atoms with Gasteiger partial charge in [0, 0.05) is 17.9 Å². The minimum atomic E-state index is -0.597. The third kappa shape index (κ3) is 3.76. The van der Waals surface area contributed by atoms with Gasteiger partial charge in [0.1, 0.15) is 0 Å². The van der Waals surface area contributed by atoms with E-state index in [4.69, 9.17) is 4.74 Å². The maximum absolute atomic E-state index is 10.8. The average Bonchev–Trinajstić information content (AvgIpc) is 3.84. The summed E-state index contributed by atoms with van der Waals surface area (Å²) in [5, 5.41) is 10.8. The van der Waals surface area contributed by atoms with Crippen LogP contribution in [0.15, 0.2) is 48.5 Å². The lowest BCUT2D eigenvalue weighted by molar-refractivity contribution is -0.182. The summed E-state index contributed by atoms with van der Waals surface area (Å²) in [5.74, 6) is 8.61. The monoisotopic (exact) mass is 566 g/mol. The fraction of sp³-hybridized carbons (Fsp3) is 0.700. The molecule has 2 nitrogen and oxygen atoms in total. The van der Waals surface area contributed by atoms with Gasteiger partial charge < -0.3 is 9.84 Å². The molecule has 0 aliphatic heterocycles. The molecule has 12 atom stereocenters. The first kappa shape index (κ1) is 27.9. The average molecular weight is 567 g/mol. The Morgan fingerprint density at radius 3 is 2.00 bits per heavy atom. The molecule has 6 aliphatic rings. The van der Waals surface area contributed by atoms with Crippen LogP contribution in [0.4, 0.5) is 0 Å². The topological polar surface area (TPSA) is 29.5 Å². The van der Waals surface area contributed by atoms with Crippen LogP contribution in [0.2, 0.25) is 0 Å². The van der Waals surface area contributed by atoms with Crippen molar-refractivity contribution in [2.24, 2.45) is 64.6 Å². The van der Waals surface area contributed by atoms with Gasteiger partial charge in [0.15, 0.2) is 6.29 Å². The molecule has 2 bridgehead atoms. The lowest BCUT2D eigenvalue weighted by Crippen LogP contribution is -2.44. The number of fused-ring (bicyclic) bond motifs is 11. The lowest BCUT2D eigenvalue weighted by Gasteiger charge is -2.44. The fourth-order valence-corrected chi connectivity index (χ4v) is 13.5. The molecule has 0 amide bonds. The van der Waals surface area contributed by atoms with E-state index in [0.717, 1.165) is 53.3 Å². The van der Waals surface area contributed by atoms with Crippen molar-refractivity contribution in [1.29, 1.82) is 0 Å². The first-order valence-electron chi connectivity index (χ1n) is 17.8. The third-order valence-corrected chi connectivity index (χ3v) is 14.9. The molecular weight excluding hydrogens is 512 g/mol. The molecule has 6 aliphatic carbocycles. The predicted molar refractivity (Wildman–Crippen MR) is 171 cm³/mol. The van der Waals surface area contributed by atoms with Crippen LogP contribution in [0.5, 0.6) is 0 Å². The highest BCUT2D eigenvalue weighted by Gasteiger charge is 2.65. The normalized spacial score (nSPS) is 42.6. The van der Waals surface area contributed by atoms with Crippen LogP contribution in [0.1, 0.15) is 103 Å². The zero-order valence-electron chi connectivity index (χ0n) is 26.6. The Kier molecular flexibility index (Phi) is 6.77. The molecule has 1 spiro atoms. The Morgan fingerprint density at radius 1 is 0.762 bits per heavy atom. The van der Waals surface area contributed by atoms with Crippen molar-refractivity contribution >= 4 is 0 Å². The van der Waals surface area contributed by atoms with Gasteiger partial charge in [0.25, 0.3) is 0 Å². The third-order valence-electron chi connectivity index (χ3n) is 14.9. The van der Waals surface area contributed by atoms with Gasteiger partial charge in [-0.1, -0.05) is 101 Å². The SMILES string of the molecule is CCC1CC(CCC[C@@H]2C[C@H](CC)[C@H]3CC4(C[C@@H]23)c2ccccc2-c2ccccc24)C2C3CC(C12)C(C)(C(O)OC)C3. The van der Waals surface area contributed by atoms with Gasteiger partial charge in [0.05, 0.1) is 0 Å². The molecule has 0 aromatic heterocycles. The lowest BCUT2D eigenvalue weighted by atomic mass is 9.63. The van der Waals surface area contributed by atoms with Crippen LogP contribution in [0.25, 0.3) is 11.1 Å². The summed E-state index contributed by atoms with van der Waals surface area (Å²) in [6.07, 6.45) is 14.6. The number of aliphatic hydroxyl groups excluding tert-OH is 1. The number of hydrogen-bond acceptors (Lipinski definition) is 2. The summed E-state index contributed by atoms with van der Waals surface area (Å²) in [5.41, 5.74) is 6.52. The van der Waals surface area contributed by atoms with E-state index in [1.807, 2.05) is 0 Å². The summed E-state index contributed by atoms with van der Waals surface area (Å²) in [6, 6.07) is 18.8. The molecule has 8 unspecified atom stereocenters. The largest absolute Gasteiger partial charge is 0.367 e. The standard InChI is InChI=1S/C40H54O2/c1-5-24-18-26(32-23-40(22-31(24)32)33-16-9-7-14-29(33)30-15-8-10-17-34(30)40)12-11-13-27-19-25(6-2)37-35-20-28(36(27)37)21-39(35,3)38(41)42-4/h7-10,14-17,24-28,31-32,35-38,41H,5-6,11-13,18-23H2,1-4H3/t24-,25?,26+,27?,28?,31+,32-,35?,36?,37?,38?,39?/m0/s1. The molecule has 2 aromatic rings. The first-order chi connectivity index (χ1) is 20.4. The molecule has 0 saturated heterocycles. The highest BCUT2D eigenvalue weighted by Crippen LogP contribution is 2.70. The molecule has 2 heteroatoms. The quantitative estimate of drug-likeness (QED) is 0.323. The molecule has 2 aromatic carbocycles. The van der Waals surface area contributed by atoms with Gasteiger partial charge >= 0.3 is 0 Å². The van der Waals surface area contributed by atoms with E-state index in [0.29, 0.717) is 5.92 Å². The zero-order valence-corrected chi connectivity index (χ0v) is 26.6. The van der Waals surface area contributed by atoms with Crippen molar-refractivity contribution in [3.63, 3.8) is 0 Å². The number of benzene rings is 2. The Balaban J connectivity index is 0.981. The molecule has 226 valence electrons. The maximum Gasteiger partial charge on any atom is 0.159 e. The number of aliphatic hydroxyl groups is 1. The number of rotatable bonds is 8. The second-order valence-electron chi connectivity index (χ2n) is 16.2. The minimum Gasteiger partial charge on any atom is -0.367 e. The molecule has 1 N–H and O–H groups in total. The Morgan fingerprint density at radius 2 is 1.36 bits per heavy atom.